The first-order valence-electron chi connectivity index (χ1n) is 8.43. The molecule has 1 aliphatic rings. The Morgan fingerprint density at radius 2 is 1.86 bits per heavy atom. The van der Waals surface area contributed by atoms with Crippen LogP contribution in [-0.2, 0) is 9.59 Å². The van der Waals surface area contributed by atoms with Crippen LogP contribution in [0.3, 0.4) is 0 Å². The maximum absolute atomic E-state index is 12.9. The summed E-state index contributed by atoms with van der Waals surface area (Å²) < 4.78 is 18.3. The fraction of sp³-hybridized carbons (Fsp3) is 0.0952. The first-order valence-corrected chi connectivity index (χ1v) is 9.25. The van der Waals surface area contributed by atoms with Crippen LogP contribution in [0.1, 0.15) is 5.56 Å². The average molecular weight is 410 g/mol. The predicted molar refractivity (Wildman–Crippen MR) is 108 cm³/mol. The highest BCUT2D eigenvalue weighted by molar-refractivity contribution is 8.18. The molecule has 3 rings (SSSR count). The minimum atomic E-state index is -0.421. The van der Waals surface area contributed by atoms with Crippen LogP contribution >= 0.6 is 11.8 Å². The second-order valence-corrected chi connectivity index (χ2v) is 6.88. The van der Waals surface area contributed by atoms with Crippen LogP contribution in [-0.4, -0.2) is 35.1 Å². The molecule has 1 N–H and O–H groups in total. The smallest absolute Gasteiger partial charge is 0.294 e. The van der Waals surface area contributed by atoms with Gasteiger partial charge in [0.05, 0.1) is 11.4 Å². The van der Waals surface area contributed by atoms with E-state index >= 15 is 0 Å². The van der Waals surface area contributed by atoms with E-state index in [1.165, 1.54) is 24.3 Å². The average Bonchev–Trinajstić information content (AvgIpc) is 2.97. The van der Waals surface area contributed by atoms with Crippen molar-refractivity contribution < 1.29 is 23.5 Å². The topological polar surface area (TPSA) is 75.7 Å². The molecule has 1 saturated heterocycles. The van der Waals surface area contributed by atoms with Gasteiger partial charge < -0.3 is 10.1 Å². The Balaban J connectivity index is 1.56. The third-order valence-electron chi connectivity index (χ3n) is 3.80. The molecule has 8 heteroatoms. The van der Waals surface area contributed by atoms with Gasteiger partial charge in [-0.05, 0) is 59.8 Å². The summed E-state index contributed by atoms with van der Waals surface area (Å²) in [5, 5.41) is 2.19. The largest absolute Gasteiger partial charge is 0.484 e. The van der Waals surface area contributed by atoms with Crippen LogP contribution in [0, 0.1) is 18.2 Å². The van der Waals surface area contributed by atoms with Crippen LogP contribution < -0.4 is 10.1 Å². The highest BCUT2D eigenvalue weighted by Crippen LogP contribution is 2.32. The van der Waals surface area contributed by atoms with Crippen molar-refractivity contribution in [1.82, 2.24) is 4.90 Å². The van der Waals surface area contributed by atoms with Crippen LogP contribution in [0.15, 0.2) is 53.4 Å². The van der Waals surface area contributed by atoms with Crippen molar-refractivity contribution in [2.24, 2.45) is 0 Å². The number of terminal acetylenes is 1. The molecule has 29 heavy (non-hydrogen) atoms. The maximum atomic E-state index is 12.9. The second-order valence-electron chi connectivity index (χ2n) is 5.88. The molecule has 0 atom stereocenters. The Labute approximate surface area is 170 Å². The Kier molecular flexibility index (Phi) is 6.32. The van der Waals surface area contributed by atoms with E-state index in [0.717, 1.165) is 16.7 Å². The van der Waals surface area contributed by atoms with Crippen molar-refractivity contribution in [3.63, 3.8) is 0 Å². The van der Waals surface area contributed by atoms with E-state index < -0.39 is 11.1 Å². The molecule has 3 amide bonds. The van der Waals surface area contributed by atoms with Gasteiger partial charge in [-0.25, -0.2) is 4.39 Å². The molecule has 146 valence electrons. The lowest BCUT2D eigenvalue weighted by atomic mass is 10.2. The van der Waals surface area contributed by atoms with Gasteiger partial charge in [0.15, 0.2) is 6.61 Å². The van der Waals surface area contributed by atoms with Crippen LogP contribution in [0.4, 0.5) is 14.9 Å². The Morgan fingerprint density at radius 1 is 1.17 bits per heavy atom. The number of rotatable bonds is 6. The highest BCUT2D eigenvalue weighted by atomic mass is 32.2. The lowest BCUT2D eigenvalue weighted by Crippen LogP contribution is -2.28. The fourth-order valence-electron chi connectivity index (χ4n) is 2.42. The molecule has 6 nitrogen and oxygen atoms in total. The van der Waals surface area contributed by atoms with Crippen molar-refractivity contribution in [2.75, 3.05) is 18.5 Å². The molecule has 0 saturated carbocycles. The van der Waals surface area contributed by atoms with Gasteiger partial charge in [-0.15, -0.1) is 6.42 Å². The molecule has 1 fully saturated rings. The van der Waals surface area contributed by atoms with E-state index in [4.69, 9.17) is 11.2 Å². The zero-order chi connectivity index (χ0) is 20.8. The number of nitrogens with one attached hydrogen (secondary N) is 1. The monoisotopic (exact) mass is 410 g/mol. The molecule has 0 aliphatic carbocycles. The standard InChI is InChI=1S/C21H15FN2O4S/c1-2-11-24-20(26)18(29-21(24)27)12-14-3-9-17(10-4-14)28-13-19(25)23-16-7-5-15(22)6-8-16/h1,3-10,12H,11,13H2,(H,23,25)/b18-12-. The fourth-order valence-corrected chi connectivity index (χ4v) is 3.26. The van der Waals surface area contributed by atoms with Gasteiger partial charge in [0.25, 0.3) is 17.1 Å². The van der Waals surface area contributed by atoms with E-state index in [-0.39, 0.29) is 29.8 Å². The van der Waals surface area contributed by atoms with E-state index in [1.807, 2.05) is 0 Å². The van der Waals surface area contributed by atoms with Gasteiger partial charge in [-0.2, -0.15) is 0 Å². The summed E-state index contributed by atoms with van der Waals surface area (Å²) in [4.78, 5) is 37.1. The van der Waals surface area contributed by atoms with E-state index in [9.17, 15) is 18.8 Å². The maximum Gasteiger partial charge on any atom is 0.294 e. The summed E-state index contributed by atoms with van der Waals surface area (Å²) in [6, 6.07) is 12.1. The van der Waals surface area contributed by atoms with Crippen molar-refractivity contribution in [2.45, 2.75) is 0 Å². The quantitative estimate of drug-likeness (QED) is 0.583. The molecule has 0 unspecified atom stereocenters. The van der Waals surface area contributed by atoms with E-state index in [1.54, 1.807) is 30.3 Å². The molecule has 2 aromatic carbocycles. The van der Waals surface area contributed by atoms with Crippen LogP contribution in [0.25, 0.3) is 6.08 Å². The first-order chi connectivity index (χ1) is 14.0. The number of carbonyl (C=O) groups excluding carboxylic acids is 3. The number of imide groups is 1. The van der Waals surface area contributed by atoms with Crippen molar-refractivity contribution in [1.29, 1.82) is 0 Å². The Hall–Kier alpha value is -3.57. The number of thioether (sulfide) groups is 1. The summed E-state index contributed by atoms with van der Waals surface area (Å²) in [6.45, 7) is -0.281. The van der Waals surface area contributed by atoms with E-state index in [2.05, 4.69) is 11.2 Å². The molecule has 2 aromatic rings. The van der Waals surface area contributed by atoms with Gasteiger partial charge in [-0.3, -0.25) is 19.3 Å². The van der Waals surface area contributed by atoms with E-state index in [0.29, 0.717) is 17.0 Å². The zero-order valence-electron chi connectivity index (χ0n) is 15.1. The van der Waals surface area contributed by atoms with Crippen LogP contribution in [0.5, 0.6) is 5.75 Å². The summed E-state index contributed by atoms with van der Waals surface area (Å²) in [7, 11) is 0. The normalized spacial score (nSPS) is 14.8. The molecule has 1 heterocycles. The number of benzene rings is 2. The summed E-state index contributed by atoms with van der Waals surface area (Å²) in [5.74, 6) is 1.54. The number of halogens is 1. The minimum Gasteiger partial charge on any atom is -0.484 e. The van der Waals surface area contributed by atoms with Gasteiger partial charge >= 0.3 is 0 Å². The minimum absolute atomic E-state index is 0.0607. The summed E-state index contributed by atoms with van der Waals surface area (Å²) in [5.41, 5.74) is 1.16. The number of anilines is 1. The summed E-state index contributed by atoms with van der Waals surface area (Å²) in [6.07, 6.45) is 6.75. The lowest BCUT2D eigenvalue weighted by Gasteiger charge is -2.08. The molecular formula is C21H15FN2O4S. The third-order valence-corrected chi connectivity index (χ3v) is 4.71. The molecule has 0 spiro atoms. The number of hydrogen-bond donors (Lipinski definition) is 1. The van der Waals surface area contributed by atoms with Gasteiger partial charge in [0, 0.05) is 5.69 Å². The number of ether oxygens (including phenoxy) is 1. The second kappa shape index (κ2) is 9.08. The van der Waals surface area contributed by atoms with Crippen molar-refractivity contribution in [3.05, 3.63) is 64.8 Å². The molecule has 0 aromatic heterocycles. The lowest BCUT2D eigenvalue weighted by molar-refractivity contribution is -0.122. The summed E-state index contributed by atoms with van der Waals surface area (Å²) >= 11 is 0.832. The number of nitrogens with zero attached hydrogens (tertiary/aromatic N) is 1. The van der Waals surface area contributed by atoms with Gasteiger partial charge in [0.2, 0.25) is 0 Å². The SMILES string of the molecule is C#CCN1C(=O)S/C(=C\c2ccc(OCC(=O)Nc3ccc(F)cc3)cc2)C1=O. The highest BCUT2D eigenvalue weighted by Gasteiger charge is 2.34. The third kappa shape index (κ3) is 5.24. The number of hydrogen-bond acceptors (Lipinski definition) is 5. The molecule has 1 aliphatic heterocycles. The van der Waals surface area contributed by atoms with Crippen LogP contribution in [0.2, 0.25) is 0 Å². The molecular weight excluding hydrogens is 395 g/mol. The Morgan fingerprint density at radius 3 is 2.52 bits per heavy atom. The zero-order valence-corrected chi connectivity index (χ0v) is 15.9. The molecule has 0 radical (unpaired) electrons. The van der Waals surface area contributed by atoms with Gasteiger partial charge in [-0.1, -0.05) is 18.1 Å². The molecule has 0 bridgehead atoms. The number of carbonyl (C=O) groups is 3. The van der Waals surface area contributed by atoms with Crippen molar-refractivity contribution >= 4 is 40.6 Å². The predicted octanol–water partition coefficient (Wildman–Crippen LogP) is 3.51. The first kappa shape index (κ1) is 20.2. The van der Waals surface area contributed by atoms with Gasteiger partial charge in [0.1, 0.15) is 11.6 Å². The number of amides is 3. The Bertz CT molecular complexity index is 1010. The van der Waals surface area contributed by atoms with Crippen molar-refractivity contribution in [3.8, 4) is 18.1 Å².